The van der Waals surface area contributed by atoms with Gasteiger partial charge in [0.25, 0.3) is 5.91 Å². The van der Waals surface area contributed by atoms with E-state index in [4.69, 9.17) is 0 Å². The fourth-order valence-corrected chi connectivity index (χ4v) is 0.484. The van der Waals surface area contributed by atoms with E-state index in [1.807, 2.05) is 20.8 Å². The van der Waals surface area contributed by atoms with E-state index >= 15 is 0 Å². The molecule has 1 N–H and O–H groups in total. The maximum Gasteiger partial charge on any atom is 0.287 e. The summed E-state index contributed by atoms with van der Waals surface area (Å²) in [5.41, 5.74) is -0.275. The molecule has 3 heteroatoms. The van der Waals surface area contributed by atoms with Crippen molar-refractivity contribution in [3.63, 3.8) is 0 Å². The summed E-state index contributed by atoms with van der Waals surface area (Å²) < 4.78 is 0. The number of hydrogen-bond donors (Lipinski definition) is 1. The van der Waals surface area contributed by atoms with E-state index in [2.05, 4.69) is 5.32 Å². The third kappa shape index (κ3) is 3.75. The molecule has 1 amide bonds. The van der Waals surface area contributed by atoms with Gasteiger partial charge in [0.05, 0.1) is 0 Å². The Labute approximate surface area is 67.2 Å². The fourth-order valence-electron chi connectivity index (χ4n) is 0.484. The van der Waals surface area contributed by atoms with E-state index in [-0.39, 0.29) is 5.54 Å². The number of Topliss-reactive ketones (excluding diaryl/α,β-unsaturated/α-hetero) is 1. The molecule has 0 aliphatic carbocycles. The van der Waals surface area contributed by atoms with Crippen molar-refractivity contribution in [2.45, 2.75) is 39.7 Å². The van der Waals surface area contributed by atoms with Crippen LogP contribution in [0.15, 0.2) is 0 Å². The Morgan fingerprint density at radius 2 is 1.82 bits per heavy atom. The molecular weight excluding hydrogens is 142 g/mol. The zero-order chi connectivity index (χ0) is 9.07. The first-order valence-corrected chi connectivity index (χ1v) is 3.72. The first kappa shape index (κ1) is 10.1. The summed E-state index contributed by atoms with van der Waals surface area (Å²) in [5.74, 6) is -0.941. The first-order valence-electron chi connectivity index (χ1n) is 3.72. The second-order valence-electron chi connectivity index (χ2n) is 3.25. The van der Waals surface area contributed by atoms with Crippen molar-refractivity contribution in [2.75, 3.05) is 0 Å². The van der Waals surface area contributed by atoms with Crippen molar-refractivity contribution in [3.05, 3.63) is 0 Å². The van der Waals surface area contributed by atoms with Crippen LogP contribution >= 0.6 is 0 Å². The van der Waals surface area contributed by atoms with Crippen molar-refractivity contribution >= 4 is 11.7 Å². The van der Waals surface area contributed by atoms with Crippen molar-refractivity contribution in [1.29, 1.82) is 0 Å². The molecule has 0 saturated carbocycles. The first-order chi connectivity index (χ1) is 4.89. The highest BCUT2D eigenvalue weighted by Gasteiger charge is 2.19. The summed E-state index contributed by atoms with van der Waals surface area (Å²) in [6.45, 7) is 6.99. The number of carbonyl (C=O) groups excluding carboxylic acids is 2. The lowest BCUT2D eigenvalue weighted by Gasteiger charge is -2.23. The highest BCUT2D eigenvalue weighted by atomic mass is 16.2. The number of carbonyl (C=O) groups is 2. The number of nitrogens with one attached hydrogen (secondary N) is 1. The van der Waals surface area contributed by atoms with Crippen LogP contribution in [-0.4, -0.2) is 17.2 Å². The molecule has 0 unspecified atom stereocenters. The molecule has 11 heavy (non-hydrogen) atoms. The minimum Gasteiger partial charge on any atom is -0.345 e. The maximum absolute atomic E-state index is 10.9. The van der Waals surface area contributed by atoms with Crippen LogP contribution in [0.5, 0.6) is 0 Å². The highest BCUT2D eigenvalue weighted by Crippen LogP contribution is 2.05. The van der Waals surface area contributed by atoms with Gasteiger partial charge >= 0.3 is 0 Å². The fraction of sp³-hybridized carbons (Fsp3) is 0.750. The van der Waals surface area contributed by atoms with Gasteiger partial charge in [-0.1, -0.05) is 6.92 Å². The van der Waals surface area contributed by atoms with Gasteiger partial charge in [-0.15, -0.1) is 0 Å². The van der Waals surface area contributed by atoms with Crippen LogP contribution in [0.1, 0.15) is 34.1 Å². The van der Waals surface area contributed by atoms with E-state index in [9.17, 15) is 9.59 Å². The molecule has 0 bridgehead atoms. The van der Waals surface area contributed by atoms with Crippen molar-refractivity contribution in [3.8, 4) is 0 Å². The monoisotopic (exact) mass is 157 g/mol. The van der Waals surface area contributed by atoms with Gasteiger partial charge < -0.3 is 5.32 Å². The average Bonchev–Trinajstić information content (AvgIpc) is 1.87. The van der Waals surface area contributed by atoms with Gasteiger partial charge in [0.15, 0.2) is 0 Å². The molecule has 0 heterocycles. The Morgan fingerprint density at radius 1 is 1.36 bits per heavy atom. The predicted octanol–water partition coefficient (Wildman–Crippen LogP) is 0.880. The zero-order valence-corrected chi connectivity index (χ0v) is 7.52. The summed E-state index contributed by atoms with van der Waals surface area (Å²) in [5, 5.41) is 2.62. The van der Waals surface area contributed by atoms with Gasteiger partial charge in [-0.05, 0) is 20.3 Å². The normalized spacial score (nSPS) is 10.9. The molecule has 0 atom stereocenters. The molecule has 0 aromatic rings. The van der Waals surface area contributed by atoms with E-state index < -0.39 is 11.7 Å². The van der Waals surface area contributed by atoms with Crippen LogP contribution in [0.2, 0.25) is 0 Å². The van der Waals surface area contributed by atoms with Crippen LogP contribution in [-0.2, 0) is 9.59 Å². The number of rotatable bonds is 3. The molecule has 64 valence electrons. The van der Waals surface area contributed by atoms with Gasteiger partial charge in [-0.3, -0.25) is 9.59 Å². The summed E-state index contributed by atoms with van der Waals surface area (Å²) in [4.78, 5) is 21.4. The summed E-state index contributed by atoms with van der Waals surface area (Å²) >= 11 is 0. The van der Waals surface area contributed by atoms with Crippen LogP contribution in [0.3, 0.4) is 0 Å². The van der Waals surface area contributed by atoms with Gasteiger partial charge in [-0.2, -0.15) is 0 Å². The molecule has 0 fully saturated rings. The van der Waals surface area contributed by atoms with Crippen molar-refractivity contribution < 1.29 is 9.59 Å². The average molecular weight is 157 g/mol. The molecular formula is C8H15NO2. The number of ketones is 1. The minimum atomic E-state index is -0.503. The van der Waals surface area contributed by atoms with Gasteiger partial charge in [0.2, 0.25) is 5.78 Å². The SMILES string of the molecule is CCC(C)(C)NC(=O)C(C)=O. The third-order valence-electron chi connectivity index (χ3n) is 1.66. The molecule has 0 aromatic carbocycles. The Morgan fingerprint density at radius 3 is 2.09 bits per heavy atom. The van der Waals surface area contributed by atoms with Gasteiger partial charge in [-0.25, -0.2) is 0 Å². The quantitative estimate of drug-likeness (QED) is 0.618. The number of hydrogen-bond acceptors (Lipinski definition) is 2. The molecule has 0 radical (unpaired) electrons. The molecule has 0 aliphatic rings. The molecule has 0 saturated heterocycles. The van der Waals surface area contributed by atoms with E-state index in [0.29, 0.717) is 0 Å². The topological polar surface area (TPSA) is 46.2 Å². The summed E-state index contributed by atoms with van der Waals surface area (Å²) in [6, 6.07) is 0. The zero-order valence-electron chi connectivity index (χ0n) is 7.52. The van der Waals surface area contributed by atoms with Crippen LogP contribution in [0.25, 0.3) is 0 Å². The molecule has 0 spiro atoms. The second-order valence-corrected chi connectivity index (χ2v) is 3.25. The van der Waals surface area contributed by atoms with Gasteiger partial charge in [0.1, 0.15) is 0 Å². The lowest BCUT2D eigenvalue weighted by molar-refractivity contribution is -0.137. The Bertz CT molecular complexity index is 173. The summed E-state index contributed by atoms with van der Waals surface area (Å²) in [7, 11) is 0. The van der Waals surface area contributed by atoms with E-state index in [1.165, 1.54) is 6.92 Å². The van der Waals surface area contributed by atoms with Crippen molar-refractivity contribution in [1.82, 2.24) is 5.32 Å². The van der Waals surface area contributed by atoms with E-state index in [0.717, 1.165) is 6.42 Å². The van der Waals surface area contributed by atoms with Crippen molar-refractivity contribution in [2.24, 2.45) is 0 Å². The number of amides is 1. The largest absolute Gasteiger partial charge is 0.345 e. The third-order valence-corrected chi connectivity index (χ3v) is 1.66. The van der Waals surface area contributed by atoms with Gasteiger partial charge in [0, 0.05) is 12.5 Å². The molecule has 0 rings (SSSR count). The predicted molar refractivity (Wildman–Crippen MR) is 43.2 cm³/mol. The lowest BCUT2D eigenvalue weighted by atomic mass is 10.0. The van der Waals surface area contributed by atoms with Crippen LogP contribution in [0.4, 0.5) is 0 Å². The Kier molecular flexibility index (Phi) is 3.23. The summed E-state index contributed by atoms with van der Waals surface area (Å²) in [6.07, 6.45) is 0.812. The Balaban J connectivity index is 4.04. The maximum atomic E-state index is 10.9. The van der Waals surface area contributed by atoms with E-state index in [1.54, 1.807) is 0 Å². The van der Waals surface area contributed by atoms with Crippen LogP contribution in [0, 0.1) is 0 Å². The smallest absolute Gasteiger partial charge is 0.287 e. The standard InChI is InChI=1S/C8H15NO2/c1-5-8(3,4)9-7(11)6(2)10/h5H2,1-4H3,(H,9,11). The second kappa shape index (κ2) is 3.51. The molecule has 0 aromatic heterocycles. The highest BCUT2D eigenvalue weighted by molar-refractivity contribution is 6.35. The van der Waals surface area contributed by atoms with Crippen LogP contribution < -0.4 is 5.32 Å². The molecule has 0 aliphatic heterocycles. The molecule has 3 nitrogen and oxygen atoms in total. The Hall–Kier alpha value is -0.860. The lowest BCUT2D eigenvalue weighted by Crippen LogP contribution is -2.45. The minimum absolute atomic E-state index is 0.275.